The highest BCUT2D eigenvalue weighted by Crippen LogP contribution is 2.35. The molecule has 1 N–H and O–H groups in total. The Balaban J connectivity index is 1.88. The van der Waals surface area contributed by atoms with Gasteiger partial charge in [0.2, 0.25) is 5.91 Å². The molecule has 2 aromatic carbocycles. The van der Waals surface area contributed by atoms with E-state index < -0.39 is 17.6 Å². The number of methoxy groups -OCH3 is 1. The highest BCUT2D eigenvalue weighted by atomic mass is 19.1. The van der Waals surface area contributed by atoms with Crippen molar-refractivity contribution in [2.24, 2.45) is 11.8 Å². The molecule has 0 radical (unpaired) electrons. The van der Waals surface area contributed by atoms with E-state index in [-0.39, 0.29) is 23.9 Å². The smallest absolute Gasteiger partial charge is 0.256 e. The number of amides is 2. The first-order valence-electron chi connectivity index (χ1n) is 9.86. The molecule has 5 nitrogen and oxygen atoms in total. The molecule has 1 aliphatic heterocycles. The van der Waals surface area contributed by atoms with E-state index in [0.717, 1.165) is 5.56 Å². The Morgan fingerprint density at radius 1 is 1.17 bits per heavy atom. The van der Waals surface area contributed by atoms with Crippen LogP contribution in [0.25, 0.3) is 0 Å². The summed E-state index contributed by atoms with van der Waals surface area (Å²) in [4.78, 5) is 27.4. The maximum Gasteiger partial charge on any atom is 0.256 e. The molecule has 2 aromatic rings. The lowest BCUT2D eigenvalue weighted by atomic mass is 9.88. The topological polar surface area (TPSA) is 58.6 Å². The number of nitrogens with zero attached hydrogens (tertiary/aromatic N) is 1. The van der Waals surface area contributed by atoms with Crippen LogP contribution in [0.3, 0.4) is 0 Å². The predicted molar refractivity (Wildman–Crippen MR) is 109 cm³/mol. The van der Waals surface area contributed by atoms with Crippen LogP contribution >= 0.6 is 0 Å². The van der Waals surface area contributed by atoms with Crippen LogP contribution in [0.5, 0.6) is 5.75 Å². The van der Waals surface area contributed by atoms with E-state index in [4.69, 9.17) is 4.74 Å². The van der Waals surface area contributed by atoms with E-state index >= 15 is 0 Å². The van der Waals surface area contributed by atoms with Crippen molar-refractivity contribution in [1.29, 1.82) is 0 Å². The fourth-order valence-electron chi connectivity index (χ4n) is 3.69. The van der Waals surface area contributed by atoms with Gasteiger partial charge >= 0.3 is 0 Å². The number of likely N-dealkylation sites (tertiary alicyclic amines) is 1. The minimum Gasteiger partial charge on any atom is -0.497 e. The van der Waals surface area contributed by atoms with Gasteiger partial charge in [-0.15, -0.1) is 0 Å². The second-order valence-electron chi connectivity index (χ2n) is 7.82. The Hall–Kier alpha value is -2.89. The standard InChI is InChI=1S/C23H27FN2O3/c1-15(2)12-25-22(27)20-14-26(23(28)18-9-4-5-10-21(18)24)13-19(20)16-7-6-8-17(11-16)29-3/h4-11,15,19-20H,12-14H2,1-3H3,(H,25,27). The molecular formula is C23H27FN2O3. The molecule has 1 heterocycles. The molecule has 2 atom stereocenters. The van der Waals surface area contributed by atoms with Gasteiger partial charge < -0.3 is 15.0 Å². The van der Waals surface area contributed by atoms with Crippen molar-refractivity contribution in [2.45, 2.75) is 19.8 Å². The van der Waals surface area contributed by atoms with Gasteiger partial charge in [0.25, 0.3) is 5.91 Å². The van der Waals surface area contributed by atoms with Gasteiger partial charge in [-0.25, -0.2) is 4.39 Å². The zero-order valence-corrected chi connectivity index (χ0v) is 17.0. The van der Waals surface area contributed by atoms with Gasteiger partial charge in [0, 0.05) is 25.6 Å². The number of ether oxygens (including phenoxy) is 1. The monoisotopic (exact) mass is 398 g/mol. The quantitative estimate of drug-likeness (QED) is 0.811. The normalized spacial score (nSPS) is 18.7. The predicted octanol–water partition coefficient (Wildman–Crippen LogP) is 3.46. The molecule has 29 heavy (non-hydrogen) atoms. The minimum absolute atomic E-state index is 0.0279. The molecule has 0 spiro atoms. The summed E-state index contributed by atoms with van der Waals surface area (Å²) in [7, 11) is 1.59. The number of benzene rings is 2. The van der Waals surface area contributed by atoms with Crippen molar-refractivity contribution < 1.29 is 18.7 Å². The Labute approximate surface area is 170 Å². The Bertz CT molecular complexity index is 884. The molecular weight excluding hydrogens is 371 g/mol. The molecule has 0 saturated carbocycles. The van der Waals surface area contributed by atoms with Crippen LogP contribution in [0.15, 0.2) is 48.5 Å². The minimum atomic E-state index is -0.553. The molecule has 2 amide bonds. The number of nitrogens with one attached hydrogen (secondary N) is 1. The van der Waals surface area contributed by atoms with E-state index in [1.165, 1.54) is 12.1 Å². The van der Waals surface area contributed by atoms with Crippen LogP contribution in [0, 0.1) is 17.7 Å². The highest BCUT2D eigenvalue weighted by molar-refractivity contribution is 5.95. The van der Waals surface area contributed by atoms with Gasteiger partial charge in [-0.1, -0.05) is 38.1 Å². The highest BCUT2D eigenvalue weighted by Gasteiger charge is 2.41. The maximum absolute atomic E-state index is 14.1. The van der Waals surface area contributed by atoms with Crippen LogP contribution in [0.1, 0.15) is 35.7 Å². The number of rotatable bonds is 6. The Morgan fingerprint density at radius 3 is 2.62 bits per heavy atom. The van der Waals surface area contributed by atoms with Gasteiger partial charge in [0.1, 0.15) is 11.6 Å². The van der Waals surface area contributed by atoms with Crippen molar-refractivity contribution in [3.63, 3.8) is 0 Å². The van der Waals surface area contributed by atoms with E-state index in [0.29, 0.717) is 24.8 Å². The van der Waals surface area contributed by atoms with Crippen LogP contribution in [0.4, 0.5) is 4.39 Å². The van der Waals surface area contributed by atoms with Crippen LogP contribution in [-0.2, 0) is 4.79 Å². The number of hydrogen-bond donors (Lipinski definition) is 1. The van der Waals surface area contributed by atoms with Crippen molar-refractivity contribution >= 4 is 11.8 Å². The third-order valence-electron chi connectivity index (χ3n) is 5.25. The van der Waals surface area contributed by atoms with Gasteiger partial charge in [-0.05, 0) is 35.7 Å². The summed E-state index contributed by atoms with van der Waals surface area (Å²) in [6, 6.07) is 13.5. The summed E-state index contributed by atoms with van der Waals surface area (Å²) in [6.45, 7) is 5.23. The molecule has 2 unspecified atom stereocenters. The zero-order valence-electron chi connectivity index (χ0n) is 17.0. The van der Waals surface area contributed by atoms with Gasteiger partial charge in [0.05, 0.1) is 18.6 Å². The van der Waals surface area contributed by atoms with Crippen LogP contribution in [0.2, 0.25) is 0 Å². The molecule has 1 saturated heterocycles. The fraction of sp³-hybridized carbons (Fsp3) is 0.391. The lowest BCUT2D eigenvalue weighted by molar-refractivity contribution is -0.125. The summed E-state index contributed by atoms with van der Waals surface area (Å²) in [5.74, 6) is -0.604. The molecule has 1 aliphatic rings. The first kappa shape index (κ1) is 20.8. The largest absolute Gasteiger partial charge is 0.497 e. The average molecular weight is 398 g/mol. The fourth-order valence-corrected chi connectivity index (χ4v) is 3.69. The maximum atomic E-state index is 14.1. The second kappa shape index (κ2) is 9.07. The van der Waals surface area contributed by atoms with Crippen molar-refractivity contribution in [2.75, 3.05) is 26.7 Å². The zero-order chi connectivity index (χ0) is 21.0. The first-order chi connectivity index (χ1) is 13.9. The average Bonchev–Trinajstić information content (AvgIpc) is 3.17. The van der Waals surface area contributed by atoms with Crippen LogP contribution < -0.4 is 10.1 Å². The molecule has 0 bridgehead atoms. The molecule has 0 aromatic heterocycles. The lowest BCUT2D eigenvalue weighted by Crippen LogP contribution is -2.37. The summed E-state index contributed by atoms with van der Waals surface area (Å²) < 4.78 is 19.5. The van der Waals surface area contributed by atoms with E-state index in [2.05, 4.69) is 5.32 Å². The van der Waals surface area contributed by atoms with Crippen molar-refractivity contribution in [3.8, 4) is 5.75 Å². The Kier molecular flexibility index (Phi) is 6.52. The SMILES string of the molecule is COc1cccc(C2CN(C(=O)c3ccccc3F)CC2C(=O)NCC(C)C)c1. The van der Waals surface area contributed by atoms with Gasteiger partial charge in [-0.2, -0.15) is 0 Å². The first-order valence-corrected chi connectivity index (χ1v) is 9.86. The summed E-state index contributed by atoms with van der Waals surface area (Å²) in [6.07, 6.45) is 0. The number of halogens is 1. The summed E-state index contributed by atoms with van der Waals surface area (Å²) in [5, 5.41) is 2.98. The van der Waals surface area contributed by atoms with Crippen molar-refractivity contribution in [1.82, 2.24) is 10.2 Å². The Morgan fingerprint density at radius 2 is 1.93 bits per heavy atom. The molecule has 3 rings (SSSR count). The molecule has 0 aliphatic carbocycles. The molecule has 154 valence electrons. The number of hydrogen-bond acceptors (Lipinski definition) is 3. The van der Waals surface area contributed by atoms with Crippen LogP contribution in [-0.4, -0.2) is 43.5 Å². The van der Waals surface area contributed by atoms with Gasteiger partial charge in [0.15, 0.2) is 0 Å². The van der Waals surface area contributed by atoms with Gasteiger partial charge in [-0.3, -0.25) is 9.59 Å². The van der Waals surface area contributed by atoms with Crippen molar-refractivity contribution in [3.05, 3.63) is 65.5 Å². The van der Waals surface area contributed by atoms with E-state index in [9.17, 15) is 14.0 Å². The third kappa shape index (κ3) is 4.75. The lowest BCUT2D eigenvalue weighted by Gasteiger charge is -2.19. The number of carbonyl (C=O) groups is 2. The summed E-state index contributed by atoms with van der Waals surface area (Å²) in [5.41, 5.74) is 0.956. The van der Waals surface area contributed by atoms with E-state index in [1.807, 2.05) is 38.1 Å². The third-order valence-corrected chi connectivity index (χ3v) is 5.25. The summed E-state index contributed by atoms with van der Waals surface area (Å²) >= 11 is 0. The molecule has 6 heteroatoms. The second-order valence-corrected chi connectivity index (χ2v) is 7.82. The molecule has 1 fully saturated rings. The van der Waals surface area contributed by atoms with E-state index in [1.54, 1.807) is 24.1 Å². The number of carbonyl (C=O) groups excluding carboxylic acids is 2.